The van der Waals surface area contributed by atoms with Gasteiger partial charge in [-0.3, -0.25) is 14.2 Å². The Morgan fingerprint density at radius 1 is 1.35 bits per heavy atom. The number of para-hydroxylation sites is 1. The lowest BCUT2D eigenvalue weighted by atomic mass is 9.91. The fourth-order valence-corrected chi connectivity index (χ4v) is 4.07. The van der Waals surface area contributed by atoms with Crippen molar-refractivity contribution in [1.82, 2.24) is 19.3 Å². The van der Waals surface area contributed by atoms with Gasteiger partial charge in [0.25, 0.3) is 5.56 Å². The van der Waals surface area contributed by atoms with Crippen LogP contribution in [-0.2, 0) is 18.4 Å². The van der Waals surface area contributed by atoms with Gasteiger partial charge in [0, 0.05) is 19.3 Å². The first-order valence-corrected chi connectivity index (χ1v) is 9.23. The number of hydrogen-bond acceptors (Lipinski definition) is 4. The molecule has 0 bridgehead atoms. The summed E-state index contributed by atoms with van der Waals surface area (Å²) in [5, 5.41) is 4.55. The van der Waals surface area contributed by atoms with E-state index in [-0.39, 0.29) is 18.0 Å². The lowest BCUT2D eigenvalue weighted by Crippen LogP contribution is -2.40. The van der Waals surface area contributed by atoms with Crippen LogP contribution in [0.3, 0.4) is 0 Å². The molecule has 134 valence electrons. The highest BCUT2D eigenvalue weighted by molar-refractivity contribution is 9.10. The van der Waals surface area contributed by atoms with E-state index in [1.807, 2.05) is 18.2 Å². The molecule has 7 nitrogen and oxygen atoms in total. The molecular weight excluding hydrogens is 398 g/mol. The summed E-state index contributed by atoms with van der Waals surface area (Å²) in [5.41, 5.74) is 2.31. The number of anilines is 1. The van der Waals surface area contributed by atoms with E-state index in [2.05, 4.69) is 39.0 Å². The molecule has 1 atom stereocenters. The summed E-state index contributed by atoms with van der Waals surface area (Å²) in [6.07, 6.45) is 2.32. The first-order valence-electron chi connectivity index (χ1n) is 8.44. The van der Waals surface area contributed by atoms with E-state index in [1.54, 1.807) is 11.9 Å². The molecule has 4 rings (SSSR count). The molecule has 0 aliphatic carbocycles. The van der Waals surface area contributed by atoms with Crippen LogP contribution in [0.2, 0.25) is 0 Å². The molecule has 0 saturated heterocycles. The Kier molecular flexibility index (Phi) is 4.14. The molecule has 0 radical (unpaired) electrons. The number of carbonyl (C=O) groups is 1. The number of carbonyl (C=O) groups excluding carboxylic acids is 1. The Morgan fingerprint density at radius 3 is 2.92 bits per heavy atom. The SMILES string of the molecule is CC1CCN(C(=O)Cn2cnc3c(c(Br)nn3C)c2=O)c2ccccc21. The van der Waals surface area contributed by atoms with Crippen LogP contribution >= 0.6 is 15.9 Å². The first-order chi connectivity index (χ1) is 12.5. The Bertz CT molecular complexity index is 1070. The van der Waals surface area contributed by atoms with Gasteiger partial charge in [-0.1, -0.05) is 25.1 Å². The van der Waals surface area contributed by atoms with Crippen LogP contribution in [0, 0.1) is 0 Å². The number of aromatic nitrogens is 4. The van der Waals surface area contributed by atoms with E-state index in [1.165, 1.54) is 21.1 Å². The molecule has 2 aromatic heterocycles. The minimum Gasteiger partial charge on any atom is -0.311 e. The van der Waals surface area contributed by atoms with Crippen molar-refractivity contribution in [2.24, 2.45) is 7.05 Å². The van der Waals surface area contributed by atoms with Crippen LogP contribution in [0.15, 0.2) is 40.0 Å². The Balaban J connectivity index is 1.69. The van der Waals surface area contributed by atoms with E-state index in [0.29, 0.717) is 28.1 Å². The van der Waals surface area contributed by atoms with E-state index >= 15 is 0 Å². The highest BCUT2D eigenvalue weighted by Crippen LogP contribution is 2.34. The summed E-state index contributed by atoms with van der Waals surface area (Å²) in [7, 11) is 1.72. The Hall–Kier alpha value is -2.48. The maximum atomic E-state index is 12.9. The largest absolute Gasteiger partial charge is 0.311 e. The standard InChI is InChI=1S/C18H18BrN5O2/c1-11-7-8-24(13-6-4-3-5-12(11)13)14(25)9-23-10-20-17-15(18(23)26)16(19)21-22(17)2/h3-6,10-11H,7-9H2,1-2H3. The molecule has 0 saturated carbocycles. The fourth-order valence-electron chi connectivity index (χ4n) is 3.49. The summed E-state index contributed by atoms with van der Waals surface area (Å²) in [4.78, 5) is 31.7. The van der Waals surface area contributed by atoms with Crippen LogP contribution in [0.5, 0.6) is 0 Å². The number of halogens is 1. The molecule has 1 unspecified atom stereocenters. The molecule has 1 aliphatic heterocycles. The van der Waals surface area contributed by atoms with Crippen molar-refractivity contribution in [2.45, 2.75) is 25.8 Å². The molecule has 0 spiro atoms. The van der Waals surface area contributed by atoms with Crippen molar-refractivity contribution in [3.05, 3.63) is 51.1 Å². The van der Waals surface area contributed by atoms with Crippen molar-refractivity contribution in [3.63, 3.8) is 0 Å². The van der Waals surface area contributed by atoms with Gasteiger partial charge in [0.05, 0.1) is 0 Å². The predicted octanol–water partition coefficient (Wildman–Crippen LogP) is 2.43. The van der Waals surface area contributed by atoms with E-state index in [4.69, 9.17) is 0 Å². The van der Waals surface area contributed by atoms with Crippen molar-refractivity contribution in [3.8, 4) is 0 Å². The minimum absolute atomic E-state index is 0.0498. The van der Waals surface area contributed by atoms with Gasteiger partial charge < -0.3 is 4.90 Å². The van der Waals surface area contributed by atoms with Crippen molar-refractivity contribution in [2.75, 3.05) is 11.4 Å². The molecule has 0 fully saturated rings. The molecule has 1 aliphatic rings. The number of aryl methyl sites for hydroxylation is 1. The molecule has 3 heterocycles. The highest BCUT2D eigenvalue weighted by atomic mass is 79.9. The van der Waals surface area contributed by atoms with Crippen LogP contribution in [0.1, 0.15) is 24.8 Å². The third-order valence-electron chi connectivity index (χ3n) is 4.92. The van der Waals surface area contributed by atoms with Gasteiger partial charge in [-0.05, 0) is 39.9 Å². The summed E-state index contributed by atoms with van der Waals surface area (Å²) < 4.78 is 3.32. The maximum Gasteiger partial charge on any atom is 0.266 e. The zero-order valence-electron chi connectivity index (χ0n) is 14.5. The van der Waals surface area contributed by atoms with E-state index in [9.17, 15) is 9.59 Å². The summed E-state index contributed by atoms with van der Waals surface area (Å²) in [6.45, 7) is 2.77. The molecular formula is C18H18BrN5O2. The van der Waals surface area contributed by atoms with Crippen LogP contribution in [-0.4, -0.2) is 31.8 Å². The molecule has 0 N–H and O–H groups in total. The maximum absolute atomic E-state index is 12.9. The molecule has 1 aromatic carbocycles. The van der Waals surface area contributed by atoms with Crippen LogP contribution in [0.4, 0.5) is 5.69 Å². The van der Waals surface area contributed by atoms with Gasteiger partial charge in [0.2, 0.25) is 5.91 Å². The van der Waals surface area contributed by atoms with Gasteiger partial charge >= 0.3 is 0 Å². The van der Waals surface area contributed by atoms with Gasteiger partial charge in [0.1, 0.15) is 22.9 Å². The van der Waals surface area contributed by atoms with Gasteiger partial charge in [-0.2, -0.15) is 5.10 Å². The number of rotatable bonds is 2. The molecule has 26 heavy (non-hydrogen) atoms. The van der Waals surface area contributed by atoms with Crippen molar-refractivity contribution < 1.29 is 4.79 Å². The number of amides is 1. The van der Waals surface area contributed by atoms with E-state index < -0.39 is 0 Å². The lowest BCUT2D eigenvalue weighted by Gasteiger charge is -2.33. The second-order valence-corrected chi connectivity index (χ2v) is 7.34. The second-order valence-electron chi connectivity index (χ2n) is 6.58. The van der Waals surface area contributed by atoms with Crippen LogP contribution < -0.4 is 10.5 Å². The number of nitrogens with zero attached hydrogens (tertiary/aromatic N) is 5. The lowest BCUT2D eigenvalue weighted by molar-refractivity contribution is -0.119. The summed E-state index contributed by atoms with van der Waals surface area (Å²) in [5.74, 6) is 0.301. The molecule has 3 aromatic rings. The molecule has 1 amide bonds. The van der Waals surface area contributed by atoms with Crippen molar-refractivity contribution >= 4 is 38.6 Å². The topological polar surface area (TPSA) is 73.0 Å². The molecule has 8 heteroatoms. The summed E-state index contributed by atoms with van der Waals surface area (Å²) >= 11 is 3.29. The van der Waals surface area contributed by atoms with Crippen LogP contribution in [0.25, 0.3) is 11.0 Å². The van der Waals surface area contributed by atoms with Gasteiger partial charge in [-0.15, -0.1) is 0 Å². The monoisotopic (exact) mass is 415 g/mol. The fraction of sp³-hybridized carbons (Fsp3) is 0.333. The average molecular weight is 416 g/mol. The summed E-state index contributed by atoms with van der Waals surface area (Å²) in [6, 6.07) is 7.95. The number of benzene rings is 1. The first kappa shape index (κ1) is 17.0. The predicted molar refractivity (Wildman–Crippen MR) is 102 cm³/mol. The number of hydrogen-bond donors (Lipinski definition) is 0. The number of fused-ring (bicyclic) bond motifs is 2. The third kappa shape index (κ3) is 2.65. The highest BCUT2D eigenvalue weighted by Gasteiger charge is 2.26. The zero-order chi connectivity index (χ0) is 18.4. The third-order valence-corrected chi connectivity index (χ3v) is 5.47. The Morgan fingerprint density at radius 2 is 2.12 bits per heavy atom. The van der Waals surface area contributed by atoms with Gasteiger partial charge in [0.15, 0.2) is 5.65 Å². The zero-order valence-corrected chi connectivity index (χ0v) is 16.1. The van der Waals surface area contributed by atoms with Gasteiger partial charge in [-0.25, -0.2) is 9.67 Å². The Labute approximate surface area is 158 Å². The van der Waals surface area contributed by atoms with Crippen molar-refractivity contribution in [1.29, 1.82) is 0 Å². The van der Waals surface area contributed by atoms with E-state index in [0.717, 1.165) is 12.1 Å². The minimum atomic E-state index is -0.276. The second kappa shape index (κ2) is 6.35. The smallest absolute Gasteiger partial charge is 0.266 e. The normalized spacial score (nSPS) is 16.7. The quantitative estimate of drug-likeness (QED) is 0.644. The average Bonchev–Trinajstić information content (AvgIpc) is 2.92.